The maximum absolute atomic E-state index is 5.64. The number of rotatable bonds is 9. The van der Waals surface area contributed by atoms with Crippen LogP contribution in [0.15, 0.2) is 24.3 Å². The summed E-state index contributed by atoms with van der Waals surface area (Å²) in [6, 6.07) is 8.71. The molecule has 19 heavy (non-hydrogen) atoms. The average molecular weight is 265 g/mol. The van der Waals surface area contributed by atoms with Crippen LogP contribution in [-0.2, 0) is 4.74 Å². The van der Waals surface area contributed by atoms with Gasteiger partial charge in [-0.15, -0.1) is 0 Å². The average Bonchev–Trinajstić information content (AvgIpc) is 2.38. The van der Waals surface area contributed by atoms with Gasteiger partial charge in [0.05, 0.1) is 6.10 Å². The van der Waals surface area contributed by atoms with E-state index < -0.39 is 0 Å². The molecule has 3 nitrogen and oxygen atoms in total. The highest BCUT2D eigenvalue weighted by Gasteiger charge is 2.05. The smallest absolute Gasteiger partial charge is 0.119 e. The van der Waals surface area contributed by atoms with Crippen molar-refractivity contribution >= 4 is 0 Å². The molecule has 0 aliphatic rings. The van der Waals surface area contributed by atoms with Crippen molar-refractivity contribution in [1.82, 2.24) is 5.32 Å². The quantitative estimate of drug-likeness (QED) is 0.693. The Morgan fingerprint density at radius 2 is 1.74 bits per heavy atom. The highest BCUT2D eigenvalue weighted by molar-refractivity contribution is 5.29. The van der Waals surface area contributed by atoms with Gasteiger partial charge < -0.3 is 14.8 Å². The zero-order chi connectivity index (χ0) is 14.1. The van der Waals surface area contributed by atoms with Gasteiger partial charge in [0.2, 0.25) is 0 Å². The fourth-order valence-electron chi connectivity index (χ4n) is 1.92. The molecule has 0 aliphatic heterocycles. The summed E-state index contributed by atoms with van der Waals surface area (Å²) in [5, 5.41) is 3.52. The van der Waals surface area contributed by atoms with Gasteiger partial charge in [-0.05, 0) is 57.9 Å². The molecule has 0 fully saturated rings. The first kappa shape index (κ1) is 16.0. The van der Waals surface area contributed by atoms with Gasteiger partial charge in [0, 0.05) is 19.8 Å². The van der Waals surface area contributed by atoms with E-state index in [2.05, 4.69) is 24.4 Å². The molecule has 1 atom stereocenters. The lowest BCUT2D eigenvalue weighted by molar-refractivity contribution is 0.192. The molecule has 108 valence electrons. The predicted octanol–water partition coefficient (Wildman–Crippen LogP) is 3.55. The van der Waals surface area contributed by atoms with Gasteiger partial charge in [-0.2, -0.15) is 0 Å². The van der Waals surface area contributed by atoms with Crippen LogP contribution in [0, 0.1) is 0 Å². The summed E-state index contributed by atoms with van der Waals surface area (Å²) < 4.78 is 10.7. The second-order valence-corrected chi connectivity index (χ2v) is 5.11. The van der Waals surface area contributed by atoms with Crippen LogP contribution in [0.25, 0.3) is 0 Å². The zero-order valence-electron chi connectivity index (χ0n) is 12.6. The van der Waals surface area contributed by atoms with Crippen LogP contribution >= 0.6 is 0 Å². The van der Waals surface area contributed by atoms with Crippen molar-refractivity contribution in [3.63, 3.8) is 0 Å². The normalized spacial score (nSPS) is 12.7. The molecule has 1 aromatic carbocycles. The molecule has 1 rings (SSSR count). The first-order chi connectivity index (χ1) is 9.13. The number of hydrogen-bond acceptors (Lipinski definition) is 3. The summed E-state index contributed by atoms with van der Waals surface area (Å²) in [7, 11) is 1.75. The molecule has 3 heteroatoms. The Kier molecular flexibility index (Phi) is 7.53. The fraction of sp³-hybridized carbons (Fsp3) is 0.625. The van der Waals surface area contributed by atoms with Crippen molar-refractivity contribution in [1.29, 1.82) is 0 Å². The van der Waals surface area contributed by atoms with Crippen LogP contribution in [0.3, 0.4) is 0 Å². The van der Waals surface area contributed by atoms with Crippen molar-refractivity contribution in [2.75, 3.05) is 20.3 Å². The highest BCUT2D eigenvalue weighted by atomic mass is 16.5. The molecule has 0 aromatic heterocycles. The maximum atomic E-state index is 5.64. The summed E-state index contributed by atoms with van der Waals surface area (Å²) in [5.74, 6) is 0.936. The predicted molar refractivity (Wildman–Crippen MR) is 79.7 cm³/mol. The summed E-state index contributed by atoms with van der Waals surface area (Å²) in [6.45, 7) is 8.14. The Morgan fingerprint density at radius 1 is 1.05 bits per heavy atom. The van der Waals surface area contributed by atoms with E-state index >= 15 is 0 Å². The van der Waals surface area contributed by atoms with E-state index in [1.807, 2.05) is 26.0 Å². The number of hydrogen-bond donors (Lipinski definition) is 1. The van der Waals surface area contributed by atoms with Gasteiger partial charge in [-0.3, -0.25) is 0 Å². The van der Waals surface area contributed by atoms with Crippen molar-refractivity contribution in [2.24, 2.45) is 0 Å². The minimum atomic E-state index is 0.224. The largest absolute Gasteiger partial charge is 0.491 e. The lowest BCUT2D eigenvalue weighted by Crippen LogP contribution is -2.20. The molecule has 1 aromatic rings. The number of methoxy groups -OCH3 is 1. The fourth-order valence-corrected chi connectivity index (χ4v) is 1.92. The third-order valence-corrected chi connectivity index (χ3v) is 2.98. The van der Waals surface area contributed by atoms with Gasteiger partial charge in [-0.25, -0.2) is 0 Å². The summed E-state index contributed by atoms with van der Waals surface area (Å²) in [4.78, 5) is 0. The van der Waals surface area contributed by atoms with Crippen molar-refractivity contribution in [3.05, 3.63) is 29.8 Å². The molecule has 0 saturated carbocycles. The van der Waals surface area contributed by atoms with E-state index in [1.54, 1.807) is 7.11 Å². The molecule has 0 saturated heterocycles. The van der Waals surface area contributed by atoms with E-state index in [0.29, 0.717) is 6.04 Å². The van der Waals surface area contributed by atoms with Crippen molar-refractivity contribution in [3.8, 4) is 5.75 Å². The molecular weight excluding hydrogens is 238 g/mol. The zero-order valence-corrected chi connectivity index (χ0v) is 12.6. The summed E-state index contributed by atoms with van der Waals surface area (Å²) in [6.07, 6.45) is 2.48. The lowest BCUT2D eigenvalue weighted by atomic mass is 10.1. The van der Waals surface area contributed by atoms with Crippen molar-refractivity contribution < 1.29 is 9.47 Å². The Bertz CT molecular complexity index is 335. The first-order valence-corrected chi connectivity index (χ1v) is 7.12. The van der Waals surface area contributed by atoms with E-state index in [0.717, 1.165) is 31.7 Å². The first-order valence-electron chi connectivity index (χ1n) is 7.12. The summed E-state index contributed by atoms with van der Waals surface area (Å²) in [5.41, 5.74) is 1.29. The van der Waals surface area contributed by atoms with Crippen LogP contribution in [0.1, 0.15) is 45.2 Å². The van der Waals surface area contributed by atoms with Crippen LogP contribution in [0.2, 0.25) is 0 Å². The topological polar surface area (TPSA) is 30.5 Å². The van der Waals surface area contributed by atoms with E-state index in [4.69, 9.17) is 9.47 Å². The second-order valence-electron chi connectivity index (χ2n) is 5.11. The molecule has 0 aliphatic carbocycles. The second kappa shape index (κ2) is 8.94. The number of ether oxygens (including phenoxy) is 2. The Hall–Kier alpha value is -1.06. The van der Waals surface area contributed by atoms with Gasteiger partial charge in [-0.1, -0.05) is 12.1 Å². The molecular formula is C16H27NO2. The molecule has 1 N–H and O–H groups in total. The molecule has 0 radical (unpaired) electrons. The number of benzene rings is 1. The van der Waals surface area contributed by atoms with Crippen LogP contribution in [0.4, 0.5) is 0 Å². The van der Waals surface area contributed by atoms with Crippen LogP contribution < -0.4 is 10.1 Å². The monoisotopic (exact) mass is 265 g/mol. The van der Waals surface area contributed by atoms with E-state index in [9.17, 15) is 0 Å². The molecule has 0 spiro atoms. The Balaban J connectivity index is 2.33. The highest BCUT2D eigenvalue weighted by Crippen LogP contribution is 2.18. The van der Waals surface area contributed by atoms with Gasteiger partial charge >= 0.3 is 0 Å². The molecule has 0 amide bonds. The lowest BCUT2D eigenvalue weighted by Gasteiger charge is -2.15. The standard InChI is InChI=1S/C16H27NO2/c1-13(2)19-16-9-7-15(8-10-16)14(3)17-11-5-6-12-18-4/h7-10,13-14,17H,5-6,11-12H2,1-4H3. The third kappa shape index (κ3) is 6.60. The maximum Gasteiger partial charge on any atom is 0.119 e. The van der Waals surface area contributed by atoms with Gasteiger partial charge in [0.1, 0.15) is 5.75 Å². The van der Waals surface area contributed by atoms with Gasteiger partial charge in [0.15, 0.2) is 0 Å². The van der Waals surface area contributed by atoms with Crippen molar-refractivity contribution in [2.45, 2.75) is 45.8 Å². The minimum absolute atomic E-state index is 0.224. The Morgan fingerprint density at radius 3 is 2.32 bits per heavy atom. The molecule has 0 bridgehead atoms. The Labute approximate surface area is 117 Å². The molecule has 1 unspecified atom stereocenters. The molecule has 0 heterocycles. The third-order valence-electron chi connectivity index (χ3n) is 2.98. The van der Waals surface area contributed by atoms with Gasteiger partial charge in [0.25, 0.3) is 0 Å². The number of nitrogens with one attached hydrogen (secondary N) is 1. The van der Waals surface area contributed by atoms with E-state index in [1.165, 1.54) is 5.56 Å². The number of unbranched alkanes of at least 4 members (excludes halogenated alkanes) is 1. The minimum Gasteiger partial charge on any atom is -0.491 e. The SMILES string of the molecule is COCCCCNC(C)c1ccc(OC(C)C)cc1. The van der Waals surface area contributed by atoms with E-state index in [-0.39, 0.29) is 6.10 Å². The summed E-state index contributed by atoms with van der Waals surface area (Å²) >= 11 is 0. The van der Waals surface area contributed by atoms with Crippen LogP contribution in [0.5, 0.6) is 5.75 Å². The van der Waals surface area contributed by atoms with Crippen LogP contribution in [-0.4, -0.2) is 26.4 Å².